The average molecular weight is 508 g/mol. The second-order valence-corrected chi connectivity index (χ2v) is 10.6. The molecule has 0 spiro atoms. The SMILES string of the molecule is CCCCN(C)S(=O)(=O)c1ccc(C(=O)N=c2sc3cc(F)ccc3n2CC(=O)OCC)cc1. The van der Waals surface area contributed by atoms with E-state index in [1.54, 1.807) is 6.92 Å². The summed E-state index contributed by atoms with van der Waals surface area (Å²) in [4.78, 5) is 29.3. The zero-order valence-corrected chi connectivity index (χ0v) is 20.8. The van der Waals surface area contributed by atoms with Crippen molar-refractivity contribution in [3.8, 4) is 0 Å². The number of thiazole rings is 1. The van der Waals surface area contributed by atoms with Gasteiger partial charge in [0.15, 0.2) is 4.80 Å². The monoisotopic (exact) mass is 507 g/mol. The van der Waals surface area contributed by atoms with Crippen LogP contribution in [0.25, 0.3) is 10.2 Å². The lowest BCUT2D eigenvalue weighted by Crippen LogP contribution is -2.27. The van der Waals surface area contributed by atoms with Crippen molar-refractivity contribution >= 4 is 43.5 Å². The smallest absolute Gasteiger partial charge is 0.326 e. The largest absolute Gasteiger partial charge is 0.465 e. The van der Waals surface area contributed by atoms with Crippen molar-refractivity contribution in [2.45, 2.75) is 38.1 Å². The van der Waals surface area contributed by atoms with Gasteiger partial charge in [-0.1, -0.05) is 24.7 Å². The molecule has 0 aliphatic heterocycles. The Morgan fingerprint density at radius 3 is 2.50 bits per heavy atom. The average Bonchev–Trinajstić information content (AvgIpc) is 3.13. The fraction of sp³-hybridized carbons (Fsp3) is 0.348. The summed E-state index contributed by atoms with van der Waals surface area (Å²) < 4.78 is 47.4. The predicted octanol–water partition coefficient (Wildman–Crippen LogP) is 3.57. The Balaban J connectivity index is 1.95. The van der Waals surface area contributed by atoms with Crippen molar-refractivity contribution in [3.63, 3.8) is 0 Å². The molecule has 0 aliphatic rings. The van der Waals surface area contributed by atoms with E-state index in [-0.39, 0.29) is 28.4 Å². The predicted molar refractivity (Wildman–Crippen MR) is 127 cm³/mol. The summed E-state index contributed by atoms with van der Waals surface area (Å²) in [5.74, 6) is -1.58. The highest BCUT2D eigenvalue weighted by Crippen LogP contribution is 2.20. The fourth-order valence-corrected chi connectivity index (χ4v) is 5.48. The fourth-order valence-electron chi connectivity index (χ4n) is 3.22. The van der Waals surface area contributed by atoms with E-state index in [2.05, 4.69) is 4.99 Å². The Morgan fingerprint density at radius 1 is 1.15 bits per heavy atom. The molecule has 0 saturated carbocycles. The Kier molecular flexibility index (Phi) is 8.34. The quantitative estimate of drug-likeness (QED) is 0.413. The molecule has 1 aromatic heterocycles. The summed E-state index contributed by atoms with van der Waals surface area (Å²) in [5.41, 5.74) is 0.726. The molecular formula is C23H26FN3O5S2. The summed E-state index contributed by atoms with van der Waals surface area (Å²) in [6.07, 6.45) is 1.62. The van der Waals surface area contributed by atoms with Gasteiger partial charge in [-0.15, -0.1) is 0 Å². The Morgan fingerprint density at radius 2 is 1.85 bits per heavy atom. The minimum Gasteiger partial charge on any atom is -0.465 e. The van der Waals surface area contributed by atoms with Crippen LogP contribution in [0.3, 0.4) is 0 Å². The van der Waals surface area contributed by atoms with Gasteiger partial charge in [0.1, 0.15) is 12.4 Å². The van der Waals surface area contributed by atoms with Crippen LogP contribution in [-0.2, 0) is 26.1 Å². The molecule has 0 fully saturated rings. The molecule has 11 heteroatoms. The number of benzene rings is 2. The van der Waals surface area contributed by atoms with Gasteiger partial charge >= 0.3 is 5.97 Å². The number of ether oxygens (including phenoxy) is 1. The van der Waals surface area contributed by atoms with Crippen LogP contribution in [0.2, 0.25) is 0 Å². The van der Waals surface area contributed by atoms with E-state index < -0.39 is 27.7 Å². The Labute approximate surface area is 201 Å². The van der Waals surface area contributed by atoms with Gasteiger partial charge in [-0.25, -0.2) is 17.1 Å². The first kappa shape index (κ1) is 25.7. The van der Waals surface area contributed by atoms with Gasteiger partial charge in [-0.2, -0.15) is 4.99 Å². The molecule has 3 aromatic rings. The van der Waals surface area contributed by atoms with Crippen LogP contribution in [0.4, 0.5) is 4.39 Å². The number of sulfonamides is 1. The molecule has 0 atom stereocenters. The second kappa shape index (κ2) is 11.0. The maximum atomic E-state index is 13.7. The van der Waals surface area contributed by atoms with Crippen molar-refractivity contribution < 1.29 is 27.1 Å². The van der Waals surface area contributed by atoms with Crippen LogP contribution in [0, 0.1) is 5.82 Å². The van der Waals surface area contributed by atoms with E-state index in [1.165, 1.54) is 58.4 Å². The van der Waals surface area contributed by atoms with Gasteiger partial charge in [-0.05, 0) is 55.8 Å². The molecule has 2 aromatic carbocycles. The number of esters is 1. The van der Waals surface area contributed by atoms with Crippen LogP contribution in [-0.4, -0.2) is 49.4 Å². The first-order chi connectivity index (χ1) is 16.2. The van der Waals surface area contributed by atoms with Gasteiger partial charge < -0.3 is 9.30 Å². The highest BCUT2D eigenvalue weighted by atomic mass is 32.2. The number of hydrogen-bond acceptors (Lipinski definition) is 6. The lowest BCUT2D eigenvalue weighted by atomic mass is 10.2. The van der Waals surface area contributed by atoms with Crippen molar-refractivity contribution in [1.29, 1.82) is 0 Å². The van der Waals surface area contributed by atoms with Crippen LogP contribution in [0.5, 0.6) is 0 Å². The molecule has 0 unspecified atom stereocenters. The van der Waals surface area contributed by atoms with Crippen molar-refractivity contribution in [3.05, 3.63) is 58.6 Å². The van der Waals surface area contributed by atoms with Crippen molar-refractivity contribution in [2.75, 3.05) is 20.2 Å². The van der Waals surface area contributed by atoms with E-state index >= 15 is 0 Å². The Bertz CT molecular complexity index is 1360. The summed E-state index contributed by atoms with van der Waals surface area (Å²) in [6.45, 7) is 4.08. The van der Waals surface area contributed by atoms with Gasteiger partial charge in [0, 0.05) is 19.2 Å². The number of fused-ring (bicyclic) bond motifs is 1. The molecule has 34 heavy (non-hydrogen) atoms. The molecule has 0 radical (unpaired) electrons. The highest BCUT2D eigenvalue weighted by Gasteiger charge is 2.20. The number of carbonyl (C=O) groups excluding carboxylic acids is 2. The van der Waals surface area contributed by atoms with Gasteiger partial charge in [0.05, 0.1) is 21.7 Å². The molecular weight excluding hydrogens is 481 g/mol. The zero-order chi connectivity index (χ0) is 24.9. The highest BCUT2D eigenvalue weighted by molar-refractivity contribution is 7.89. The van der Waals surface area contributed by atoms with Gasteiger partial charge in [0.2, 0.25) is 10.0 Å². The molecule has 0 bridgehead atoms. The van der Waals surface area contributed by atoms with E-state index in [1.807, 2.05) is 6.92 Å². The third kappa shape index (κ3) is 5.78. The summed E-state index contributed by atoms with van der Waals surface area (Å²) in [6, 6.07) is 9.61. The maximum Gasteiger partial charge on any atom is 0.326 e. The number of rotatable bonds is 9. The molecule has 0 N–H and O–H groups in total. The molecule has 1 heterocycles. The molecule has 0 saturated heterocycles. The minimum absolute atomic E-state index is 0.0809. The van der Waals surface area contributed by atoms with Crippen LogP contribution >= 0.6 is 11.3 Å². The van der Waals surface area contributed by atoms with Crippen LogP contribution < -0.4 is 4.80 Å². The lowest BCUT2D eigenvalue weighted by molar-refractivity contribution is -0.143. The standard InChI is InChI=1S/C23H26FN3O5S2/c1-4-6-13-26(3)34(30,31)18-10-7-16(8-11-18)22(29)25-23-27(15-21(28)32-5-2)19-12-9-17(24)14-20(19)33-23/h7-12,14H,4-6,13,15H2,1-3H3. The number of unbranched alkanes of at least 4 members (excludes halogenated alkanes) is 1. The molecule has 182 valence electrons. The first-order valence-electron chi connectivity index (χ1n) is 10.8. The molecule has 3 rings (SSSR count). The van der Waals surface area contributed by atoms with E-state index in [9.17, 15) is 22.4 Å². The van der Waals surface area contributed by atoms with Gasteiger partial charge in [0.25, 0.3) is 5.91 Å². The number of carbonyl (C=O) groups is 2. The number of amides is 1. The number of aromatic nitrogens is 1. The summed E-state index contributed by atoms with van der Waals surface area (Å²) >= 11 is 1.07. The summed E-state index contributed by atoms with van der Waals surface area (Å²) in [7, 11) is -2.14. The second-order valence-electron chi connectivity index (χ2n) is 7.51. The first-order valence-corrected chi connectivity index (χ1v) is 13.0. The molecule has 0 aliphatic carbocycles. The zero-order valence-electron chi connectivity index (χ0n) is 19.2. The summed E-state index contributed by atoms with van der Waals surface area (Å²) in [5, 5.41) is 0. The number of hydrogen-bond donors (Lipinski definition) is 0. The maximum absolute atomic E-state index is 13.7. The molecule has 1 amide bonds. The molecule has 8 nitrogen and oxygen atoms in total. The van der Waals surface area contributed by atoms with Gasteiger partial charge in [-0.3, -0.25) is 9.59 Å². The van der Waals surface area contributed by atoms with Crippen LogP contribution in [0.15, 0.2) is 52.4 Å². The minimum atomic E-state index is -3.66. The van der Waals surface area contributed by atoms with Crippen molar-refractivity contribution in [2.24, 2.45) is 4.99 Å². The normalized spacial score (nSPS) is 12.4. The van der Waals surface area contributed by atoms with Crippen LogP contribution in [0.1, 0.15) is 37.0 Å². The Hall–Kier alpha value is -2.89. The van der Waals surface area contributed by atoms with E-state index in [4.69, 9.17) is 4.74 Å². The van der Waals surface area contributed by atoms with Crippen molar-refractivity contribution in [1.82, 2.24) is 8.87 Å². The topological polar surface area (TPSA) is 98.0 Å². The number of nitrogens with zero attached hydrogens (tertiary/aromatic N) is 3. The third-order valence-electron chi connectivity index (χ3n) is 5.07. The lowest BCUT2D eigenvalue weighted by Gasteiger charge is -2.16. The third-order valence-corrected chi connectivity index (χ3v) is 7.98. The van der Waals surface area contributed by atoms with E-state index in [0.29, 0.717) is 16.8 Å². The number of halogens is 1. The van der Waals surface area contributed by atoms with E-state index in [0.717, 1.165) is 24.2 Å².